The third-order valence-electron chi connectivity index (χ3n) is 5.07. The zero-order valence-corrected chi connectivity index (χ0v) is 19.3. The van der Waals surface area contributed by atoms with Crippen LogP contribution in [-0.2, 0) is 17.0 Å². The molecule has 0 aromatic heterocycles. The average molecular weight is 456 g/mol. The maximum absolute atomic E-state index is 10.8. The molecule has 3 rings (SSSR count). The van der Waals surface area contributed by atoms with Crippen LogP contribution in [0.1, 0.15) is 62.0 Å². The number of halogens is 2. The van der Waals surface area contributed by atoms with Gasteiger partial charge in [0.15, 0.2) is 0 Å². The second-order valence-corrected chi connectivity index (χ2v) is 9.43. The van der Waals surface area contributed by atoms with Crippen molar-refractivity contribution < 1.29 is 26.9 Å². The van der Waals surface area contributed by atoms with Gasteiger partial charge in [-0.15, -0.1) is 0 Å². The summed E-state index contributed by atoms with van der Waals surface area (Å²) in [7, 11) is 11.4. The van der Waals surface area contributed by atoms with Crippen LogP contribution >= 0.6 is 18.6 Å². The van der Waals surface area contributed by atoms with Crippen LogP contribution in [0.15, 0.2) is 47.5 Å². The summed E-state index contributed by atoms with van der Waals surface area (Å²) in [4.78, 5) is 4.49. The first-order valence-electron chi connectivity index (χ1n) is 9.65. The Hall–Kier alpha value is -0.996. The molecule has 0 heterocycles. The Morgan fingerprint density at radius 2 is 1.61 bits per heavy atom. The fourth-order valence-corrected chi connectivity index (χ4v) is 3.59. The normalized spacial score (nSPS) is 15.2. The summed E-state index contributed by atoms with van der Waals surface area (Å²) < 4.78 is 5.16. The minimum atomic E-state index is -0.556. The van der Waals surface area contributed by atoms with Crippen LogP contribution in [0.4, 0.5) is 5.69 Å². The first-order valence-corrected chi connectivity index (χ1v) is 14.0. The molecule has 0 spiro atoms. The summed E-state index contributed by atoms with van der Waals surface area (Å²) in [6.45, 7) is 0. The number of methoxy groups -OCH3 is 1. The van der Waals surface area contributed by atoms with Crippen molar-refractivity contribution in [2.45, 2.75) is 50.9 Å². The van der Waals surface area contributed by atoms with Gasteiger partial charge in [-0.05, 0) is 54.7 Å². The molecule has 1 aliphatic carbocycles. The van der Waals surface area contributed by atoms with Gasteiger partial charge in [-0.2, -0.15) is 0 Å². The molecule has 0 bridgehead atoms. The standard InChI is InChI=1S/C22H27NO2.2ClH.Ti/c1-25-20-14-12-19(13-15-20)23-16-18-10-7-11-21(22(18)24)17-8-5-3-2-4-6-9-17;;;/h7,10-17,24H,2-6,8-9H2,1H3;2*1H;/q;;;+2/p-2. The van der Waals surface area contributed by atoms with Crippen molar-refractivity contribution in [2.24, 2.45) is 4.99 Å². The Kier molecular flexibility index (Phi) is 11.0. The Morgan fingerprint density at radius 1 is 1.00 bits per heavy atom. The molecule has 0 radical (unpaired) electrons. The molecule has 1 fully saturated rings. The molecule has 0 atom stereocenters. The molecule has 0 aliphatic heterocycles. The van der Waals surface area contributed by atoms with E-state index in [0.29, 0.717) is 11.7 Å². The third-order valence-corrected chi connectivity index (χ3v) is 5.07. The van der Waals surface area contributed by atoms with Crippen LogP contribution in [0, 0.1) is 0 Å². The molecular weight excluding hydrogens is 429 g/mol. The molecule has 1 saturated carbocycles. The molecule has 0 saturated heterocycles. The summed E-state index contributed by atoms with van der Waals surface area (Å²) in [5, 5.41) is 10.8. The van der Waals surface area contributed by atoms with Crippen molar-refractivity contribution in [2.75, 3.05) is 7.11 Å². The fraction of sp³-hybridized carbons (Fsp3) is 0.409. The van der Waals surface area contributed by atoms with E-state index < -0.39 is 17.0 Å². The predicted octanol–water partition coefficient (Wildman–Crippen LogP) is 7.36. The number of phenolic OH excluding ortho intramolecular Hbond substituents is 1. The van der Waals surface area contributed by atoms with Gasteiger partial charge in [0.2, 0.25) is 0 Å². The van der Waals surface area contributed by atoms with E-state index in [9.17, 15) is 5.11 Å². The second-order valence-electron chi connectivity index (χ2n) is 6.85. The Labute approximate surface area is 184 Å². The summed E-state index contributed by atoms with van der Waals surface area (Å²) in [6, 6.07) is 13.6. The number of benzene rings is 2. The number of para-hydroxylation sites is 1. The van der Waals surface area contributed by atoms with E-state index in [0.717, 1.165) is 22.6 Å². The fourth-order valence-electron chi connectivity index (χ4n) is 3.59. The Balaban J connectivity index is 0.000000878. The monoisotopic (exact) mass is 455 g/mol. The minimum absolute atomic E-state index is 0.394. The molecule has 0 unspecified atom stereocenters. The van der Waals surface area contributed by atoms with E-state index in [4.69, 9.17) is 23.3 Å². The molecule has 0 amide bonds. The molecule has 2 aromatic rings. The number of phenols is 1. The van der Waals surface area contributed by atoms with Crippen molar-refractivity contribution >= 4 is 30.5 Å². The van der Waals surface area contributed by atoms with Gasteiger partial charge < -0.3 is 9.84 Å². The summed E-state index contributed by atoms with van der Waals surface area (Å²) >= 11 is -0.556. The average Bonchev–Trinajstić information content (AvgIpc) is 2.68. The van der Waals surface area contributed by atoms with Gasteiger partial charge in [0.25, 0.3) is 0 Å². The number of aliphatic imine (C=N–C) groups is 1. The molecule has 3 nitrogen and oxygen atoms in total. The van der Waals surface area contributed by atoms with Crippen LogP contribution in [0.3, 0.4) is 0 Å². The van der Waals surface area contributed by atoms with Crippen LogP contribution in [-0.4, -0.2) is 18.4 Å². The Bertz CT molecular complexity index is 730. The third kappa shape index (κ3) is 7.44. The molecule has 28 heavy (non-hydrogen) atoms. The van der Waals surface area contributed by atoms with E-state index in [2.05, 4.69) is 11.1 Å². The topological polar surface area (TPSA) is 41.8 Å². The maximum atomic E-state index is 10.8. The van der Waals surface area contributed by atoms with Crippen LogP contribution < -0.4 is 4.74 Å². The molecule has 1 N–H and O–H groups in total. The van der Waals surface area contributed by atoms with E-state index in [1.165, 1.54) is 44.9 Å². The summed E-state index contributed by atoms with van der Waals surface area (Å²) in [5.74, 6) is 1.67. The van der Waals surface area contributed by atoms with E-state index in [1.807, 2.05) is 36.4 Å². The van der Waals surface area contributed by atoms with Gasteiger partial charge in [-0.25, -0.2) is 0 Å². The van der Waals surface area contributed by atoms with Crippen LogP contribution in [0.2, 0.25) is 0 Å². The molecule has 150 valence electrons. The quantitative estimate of drug-likeness (QED) is 0.386. The van der Waals surface area contributed by atoms with Gasteiger partial charge in [0.1, 0.15) is 11.5 Å². The Morgan fingerprint density at radius 3 is 2.21 bits per heavy atom. The number of ether oxygens (including phenoxy) is 1. The number of rotatable bonds is 4. The number of aromatic hydroxyl groups is 1. The predicted molar refractivity (Wildman–Crippen MR) is 115 cm³/mol. The number of hydrogen-bond donors (Lipinski definition) is 1. The van der Waals surface area contributed by atoms with Crippen molar-refractivity contribution in [3.63, 3.8) is 0 Å². The van der Waals surface area contributed by atoms with Gasteiger partial charge >= 0.3 is 35.6 Å². The number of hydrogen-bond acceptors (Lipinski definition) is 3. The van der Waals surface area contributed by atoms with Gasteiger partial charge in [-0.1, -0.05) is 44.2 Å². The van der Waals surface area contributed by atoms with Gasteiger partial charge in [-0.3, -0.25) is 4.99 Å². The van der Waals surface area contributed by atoms with Crippen LogP contribution in [0.25, 0.3) is 0 Å². The molecule has 1 aliphatic rings. The van der Waals surface area contributed by atoms with Crippen molar-refractivity contribution in [3.8, 4) is 11.5 Å². The van der Waals surface area contributed by atoms with Crippen molar-refractivity contribution in [1.29, 1.82) is 0 Å². The van der Waals surface area contributed by atoms with Gasteiger partial charge in [0, 0.05) is 11.8 Å². The summed E-state index contributed by atoms with van der Waals surface area (Å²) in [6.07, 6.45) is 10.6. The summed E-state index contributed by atoms with van der Waals surface area (Å²) in [5.41, 5.74) is 2.72. The molecular formula is C22H27Cl2NO2Ti. The van der Waals surface area contributed by atoms with E-state index >= 15 is 0 Å². The zero-order chi connectivity index (χ0) is 20.2. The van der Waals surface area contributed by atoms with E-state index in [1.54, 1.807) is 13.3 Å². The van der Waals surface area contributed by atoms with Crippen LogP contribution in [0.5, 0.6) is 11.5 Å². The van der Waals surface area contributed by atoms with Crippen molar-refractivity contribution in [3.05, 3.63) is 53.6 Å². The first kappa shape index (κ1) is 23.3. The SMILES string of the molecule is COc1ccc(N=Cc2cccc(C3CCCCCCC3)c2O)cc1.[Cl][Ti][Cl]. The first-order chi connectivity index (χ1) is 13.7. The van der Waals surface area contributed by atoms with Crippen molar-refractivity contribution in [1.82, 2.24) is 0 Å². The van der Waals surface area contributed by atoms with Gasteiger partial charge in [0.05, 0.1) is 12.8 Å². The van der Waals surface area contributed by atoms with E-state index in [-0.39, 0.29) is 0 Å². The second kappa shape index (κ2) is 13.3. The molecule has 6 heteroatoms. The zero-order valence-electron chi connectivity index (χ0n) is 16.2. The molecule has 2 aromatic carbocycles. The number of nitrogens with zero attached hydrogens (tertiary/aromatic N) is 1.